The Bertz CT molecular complexity index is 942. The van der Waals surface area contributed by atoms with E-state index in [-0.39, 0.29) is 41.0 Å². The van der Waals surface area contributed by atoms with Crippen molar-refractivity contribution in [3.05, 3.63) is 23.5 Å². The molecule has 0 aromatic heterocycles. The number of methoxy groups -OCH3 is 1. The molecule has 2 fully saturated rings. The van der Waals surface area contributed by atoms with Gasteiger partial charge in [0.25, 0.3) is 5.91 Å². The molecule has 3 N–H and O–H groups in total. The van der Waals surface area contributed by atoms with Gasteiger partial charge in [0.05, 0.1) is 30.1 Å². The molecule has 1 aromatic rings. The molecule has 1 aromatic carbocycles. The fraction of sp³-hybridized carbons (Fsp3) is 0.654. The highest BCUT2D eigenvalue weighted by atomic mass is 19.1. The molecule has 8 nitrogen and oxygen atoms in total. The van der Waals surface area contributed by atoms with E-state index in [1.807, 2.05) is 13.8 Å². The molecule has 0 radical (unpaired) electrons. The van der Waals surface area contributed by atoms with E-state index in [9.17, 15) is 23.9 Å². The molecule has 2 amide bonds. The highest BCUT2D eigenvalue weighted by Gasteiger charge is 2.39. The zero-order valence-electron chi connectivity index (χ0n) is 21.0. The SMILES string of the molecule is COc1cc(F)c(O[C@H]2CC[C@@](C)(C(=O)O)CC2)cc1C(=O)N[C@@H]1CCC[C@@H]1C(=O)NCC(C)C. The van der Waals surface area contributed by atoms with Gasteiger partial charge in [-0.2, -0.15) is 0 Å². The van der Waals surface area contributed by atoms with Gasteiger partial charge in [-0.25, -0.2) is 4.39 Å². The molecule has 2 atom stereocenters. The molecule has 2 aliphatic carbocycles. The molecule has 0 heterocycles. The van der Waals surface area contributed by atoms with Crippen molar-refractivity contribution < 1.29 is 33.4 Å². The van der Waals surface area contributed by atoms with Gasteiger partial charge in [0.1, 0.15) is 5.75 Å². The summed E-state index contributed by atoms with van der Waals surface area (Å²) >= 11 is 0. The fourth-order valence-electron chi connectivity index (χ4n) is 4.84. The molecule has 0 unspecified atom stereocenters. The maximum Gasteiger partial charge on any atom is 0.309 e. The predicted molar refractivity (Wildman–Crippen MR) is 128 cm³/mol. The number of amides is 2. The number of carboxylic acids is 1. The highest BCUT2D eigenvalue weighted by Crippen LogP contribution is 2.38. The number of hydrogen-bond donors (Lipinski definition) is 3. The number of rotatable bonds is 9. The molecule has 0 aliphatic heterocycles. The van der Waals surface area contributed by atoms with Crippen LogP contribution in [-0.4, -0.2) is 48.7 Å². The van der Waals surface area contributed by atoms with E-state index in [2.05, 4.69) is 10.6 Å². The van der Waals surface area contributed by atoms with Gasteiger partial charge in [0.15, 0.2) is 11.6 Å². The minimum absolute atomic E-state index is 0.0674. The van der Waals surface area contributed by atoms with E-state index in [1.54, 1.807) is 6.92 Å². The number of hydrogen-bond acceptors (Lipinski definition) is 5. The number of benzene rings is 1. The van der Waals surface area contributed by atoms with Crippen LogP contribution in [0, 0.1) is 23.1 Å². The summed E-state index contributed by atoms with van der Waals surface area (Å²) in [6, 6.07) is 2.13. The van der Waals surface area contributed by atoms with Crippen LogP contribution in [0.1, 0.15) is 76.1 Å². The Kier molecular flexibility index (Phi) is 8.61. The second kappa shape index (κ2) is 11.3. The first-order valence-electron chi connectivity index (χ1n) is 12.4. The quantitative estimate of drug-likeness (QED) is 0.482. The van der Waals surface area contributed by atoms with Crippen LogP contribution in [0.3, 0.4) is 0 Å². The van der Waals surface area contributed by atoms with Crippen molar-refractivity contribution in [1.29, 1.82) is 0 Å². The predicted octanol–water partition coefficient (Wildman–Crippen LogP) is 3.92. The van der Waals surface area contributed by atoms with Gasteiger partial charge in [-0.15, -0.1) is 0 Å². The molecular formula is C26H37FN2O6. The number of halogens is 1. The maximum absolute atomic E-state index is 14.8. The number of carboxylic acid groups (broad SMARTS) is 1. The van der Waals surface area contributed by atoms with Gasteiger partial charge >= 0.3 is 5.97 Å². The van der Waals surface area contributed by atoms with Crippen LogP contribution >= 0.6 is 0 Å². The zero-order chi connectivity index (χ0) is 25.8. The summed E-state index contributed by atoms with van der Waals surface area (Å²) in [4.78, 5) is 37.3. The lowest BCUT2D eigenvalue weighted by Crippen LogP contribution is -2.44. The summed E-state index contributed by atoms with van der Waals surface area (Å²) in [5, 5.41) is 15.3. The maximum atomic E-state index is 14.8. The average Bonchev–Trinajstić information content (AvgIpc) is 3.27. The summed E-state index contributed by atoms with van der Waals surface area (Å²) in [5.74, 6) is -2.00. The van der Waals surface area contributed by atoms with Crippen LogP contribution in [0.4, 0.5) is 4.39 Å². The molecule has 0 saturated heterocycles. The van der Waals surface area contributed by atoms with Crippen molar-refractivity contribution in [3.63, 3.8) is 0 Å². The van der Waals surface area contributed by atoms with Crippen LogP contribution in [-0.2, 0) is 9.59 Å². The Morgan fingerprint density at radius 2 is 1.83 bits per heavy atom. The Hall–Kier alpha value is -2.84. The van der Waals surface area contributed by atoms with Gasteiger partial charge in [-0.05, 0) is 57.4 Å². The standard InChI is InChI=1S/C26H37FN2O6/c1-15(2)14-28-23(30)17-6-5-7-20(17)29-24(31)18-12-22(19(27)13-21(18)34-4)35-16-8-10-26(3,11-9-16)25(32)33/h12-13,15-17,20H,5-11,14H2,1-4H3,(H,28,30)(H,29,31)(H,32,33)/t16-,17-,20+,26+/m0/s1. The Labute approximate surface area is 205 Å². The minimum Gasteiger partial charge on any atom is -0.496 e. The van der Waals surface area contributed by atoms with Crippen molar-refractivity contribution in [2.24, 2.45) is 17.3 Å². The second-order valence-corrected chi connectivity index (χ2v) is 10.4. The Morgan fingerprint density at radius 3 is 2.43 bits per heavy atom. The van der Waals surface area contributed by atoms with Gasteiger partial charge in [0.2, 0.25) is 5.91 Å². The summed E-state index contributed by atoms with van der Waals surface area (Å²) in [5.41, 5.74) is -0.675. The minimum atomic E-state index is -0.839. The second-order valence-electron chi connectivity index (χ2n) is 10.4. The van der Waals surface area contributed by atoms with Gasteiger partial charge < -0.3 is 25.2 Å². The largest absolute Gasteiger partial charge is 0.496 e. The molecule has 0 bridgehead atoms. The van der Waals surface area contributed by atoms with Crippen molar-refractivity contribution in [3.8, 4) is 11.5 Å². The normalized spacial score (nSPS) is 26.3. The summed E-state index contributed by atoms with van der Waals surface area (Å²) in [6.07, 6.45) is 3.68. The highest BCUT2D eigenvalue weighted by molar-refractivity contribution is 5.98. The van der Waals surface area contributed by atoms with Crippen LogP contribution in [0.2, 0.25) is 0 Å². The van der Waals surface area contributed by atoms with E-state index >= 15 is 0 Å². The number of aliphatic carboxylic acids is 1. The van der Waals surface area contributed by atoms with Gasteiger partial charge in [0, 0.05) is 18.7 Å². The first-order valence-corrected chi connectivity index (χ1v) is 12.4. The van der Waals surface area contributed by atoms with Crippen LogP contribution in [0.5, 0.6) is 11.5 Å². The number of carbonyl (C=O) groups is 3. The van der Waals surface area contributed by atoms with Gasteiger partial charge in [-0.3, -0.25) is 14.4 Å². The lowest BCUT2D eigenvalue weighted by atomic mass is 9.75. The van der Waals surface area contributed by atoms with E-state index in [0.717, 1.165) is 12.5 Å². The van der Waals surface area contributed by atoms with Gasteiger partial charge in [-0.1, -0.05) is 20.3 Å². The summed E-state index contributed by atoms with van der Waals surface area (Å²) in [7, 11) is 1.36. The van der Waals surface area contributed by atoms with Crippen molar-refractivity contribution in [2.45, 2.75) is 77.9 Å². The lowest BCUT2D eigenvalue weighted by Gasteiger charge is -2.34. The Balaban J connectivity index is 1.71. The lowest BCUT2D eigenvalue weighted by molar-refractivity contribution is -0.150. The smallest absolute Gasteiger partial charge is 0.309 e. The third-order valence-corrected chi connectivity index (χ3v) is 7.20. The Morgan fingerprint density at radius 1 is 1.14 bits per heavy atom. The van der Waals surface area contributed by atoms with Crippen molar-refractivity contribution in [2.75, 3.05) is 13.7 Å². The number of nitrogens with one attached hydrogen (secondary N) is 2. The first-order chi connectivity index (χ1) is 16.5. The molecule has 194 valence electrons. The molecule has 2 aliphatic rings. The summed E-state index contributed by atoms with van der Waals surface area (Å²) < 4.78 is 25.9. The van der Waals surface area contributed by atoms with Crippen molar-refractivity contribution >= 4 is 17.8 Å². The zero-order valence-corrected chi connectivity index (χ0v) is 21.0. The van der Waals surface area contributed by atoms with E-state index < -0.39 is 23.1 Å². The van der Waals surface area contributed by atoms with Crippen LogP contribution < -0.4 is 20.1 Å². The third kappa shape index (κ3) is 6.44. The monoisotopic (exact) mass is 492 g/mol. The van der Waals surface area contributed by atoms with E-state index in [4.69, 9.17) is 9.47 Å². The van der Waals surface area contributed by atoms with Crippen LogP contribution in [0.15, 0.2) is 12.1 Å². The van der Waals surface area contributed by atoms with E-state index in [0.29, 0.717) is 51.0 Å². The topological polar surface area (TPSA) is 114 Å². The number of carbonyl (C=O) groups excluding carboxylic acids is 2. The molecule has 0 spiro atoms. The van der Waals surface area contributed by atoms with Crippen LogP contribution in [0.25, 0.3) is 0 Å². The first kappa shape index (κ1) is 26.8. The average molecular weight is 493 g/mol. The molecule has 3 rings (SSSR count). The molecule has 35 heavy (non-hydrogen) atoms. The third-order valence-electron chi connectivity index (χ3n) is 7.20. The molecule has 2 saturated carbocycles. The molecule has 9 heteroatoms. The van der Waals surface area contributed by atoms with Crippen molar-refractivity contribution in [1.82, 2.24) is 10.6 Å². The summed E-state index contributed by atoms with van der Waals surface area (Å²) in [6.45, 7) is 6.33. The fourth-order valence-corrected chi connectivity index (χ4v) is 4.84. The molecular weight excluding hydrogens is 455 g/mol. The van der Waals surface area contributed by atoms with E-state index in [1.165, 1.54) is 13.2 Å². The number of ether oxygens (including phenoxy) is 2.